The number of nitrogens with zero attached hydrogens (tertiary/aromatic N) is 2. The van der Waals surface area contributed by atoms with E-state index in [1.165, 1.54) is 0 Å². The van der Waals surface area contributed by atoms with Gasteiger partial charge in [-0.2, -0.15) is 0 Å². The Morgan fingerprint density at radius 3 is 2.90 bits per heavy atom. The first-order valence-electron chi connectivity index (χ1n) is 7.20. The van der Waals surface area contributed by atoms with Gasteiger partial charge in [0.25, 0.3) is 0 Å². The lowest BCUT2D eigenvalue weighted by molar-refractivity contribution is -0.130. The lowest BCUT2D eigenvalue weighted by Crippen LogP contribution is -2.63. The molecule has 4 atom stereocenters. The van der Waals surface area contributed by atoms with Crippen LogP contribution in [0.15, 0.2) is 48.7 Å². The molecule has 1 amide bonds. The van der Waals surface area contributed by atoms with Gasteiger partial charge in [0.05, 0.1) is 23.2 Å². The maximum atomic E-state index is 12.5. The Morgan fingerprint density at radius 1 is 1.10 bits per heavy atom. The summed E-state index contributed by atoms with van der Waals surface area (Å²) in [5, 5.41) is 1.10. The Morgan fingerprint density at radius 2 is 1.95 bits per heavy atom. The number of hydrogen-bond acceptors (Lipinski definition) is 2. The number of para-hydroxylation sites is 1. The van der Waals surface area contributed by atoms with E-state index in [1.807, 2.05) is 35.2 Å². The standard InChI is InChI=1S/C17H14N2O/c20-17-14-11-6-7-12(9-11)16(14)19(17)13-5-1-3-10-4-2-8-18-15(10)13/h1-8,11-12,14,16H,9H2/t11?,12?,14-,16+/m0/s1. The second-order valence-electron chi connectivity index (χ2n) is 6.03. The topological polar surface area (TPSA) is 33.2 Å². The fourth-order valence-electron chi connectivity index (χ4n) is 4.26. The molecule has 2 fully saturated rings. The molecule has 3 heteroatoms. The molecular weight excluding hydrogens is 248 g/mol. The smallest absolute Gasteiger partial charge is 0.233 e. The first kappa shape index (κ1) is 10.6. The number of hydrogen-bond donors (Lipinski definition) is 0. The third kappa shape index (κ3) is 1.12. The van der Waals surface area contributed by atoms with E-state index in [0.717, 1.165) is 23.0 Å². The Bertz CT molecular complexity index is 761. The van der Waals surface area contributed by atoms with Crippen LogP contribution < -0.4 is 4.90 Å². The van der Waals surface area contributed by atoms with Crippen molar-refractivity contribution in [2.45, 2.75) is 12.5 Å². The highest BCUT2D eigenvalue weighted by Crippen LogP contribution is 2.54. The van der Waals surface area contributed by atoms with Gasteiger partial charge < -0.3 is 4.90 Å². The number of carbonyl (C=O) groups excluding carboxylic acids is 1. The van der Waals surface area contributed by atoms with Gasteiger partial charge in [-0.3, -0.25) is 9.78 Å². The van der Waals surface area contributed by atoms with E-state index in [4.69, 9.17) is 0 Å². The van der Waals surface area contributed by atoms with Gasteiger partial charge >= 0.3 is 0 Å². The number of pyridine rings is 1. The largest absolute Gasteiger partial charge is 0.305 e. The van der Waals surface area contributed by atoms with Gasteiger partial charge in [-0.25, -0.2) is 0 Å². The first-order chi connectivity index (χ1) is 9.84. The number of amides is 1. The van der Waals surface area contributed by atoms with Gasteiger partial charge in [-0.15, -0.1) is 0 Å². The second-order valence-corrected chi connectivity index (χ2v) is 6.03. The number of benzene rings is 1. The molecule has 3 nitrogen and oxygen atoms in total. The van der Waals surface area contributed by atoms with Gasteiger partial charge in [-0.05, 0) is 30.4 Å². The fraction of sp³-hybridized carbons (Fsp3) is 0.294. The molecule has 0 N–H and O–H groups in total. The van der Waals surface area contributed by atoms with E-state index < -0.39 is 0 Å². The van der Waals surface area contributed by atoms with Crippen molar-refractivity contribution in [3.8, 4) is 0 Å². The molecular formula is C17H14N2O. The number of aromatic nitrogens is 1. The summed E-state index contributed by atoms with van der Waals surface area (Å²) in [5.74, 6) is 1.53. The van der Waals surface area contributed by atoms with Crippen LogP contribution in [0.2, 0.25) is 0 Å². The van der Waals surface area contributed by atoms with Crippen molar-refractivity contribution < 1.29 is 4.79 Å². The van der Waals surface area contributed by atoms with Crippen LogP contribution in [0.3, 0.4) is 0 Å². The summed E-state index contributed by atoms with van der Waals surface area (Å²) in [7, 11) is 0. The van der Waals surface area contributed by atoms with E-state index >= 15 is 0 Å². The van der Waals surface area contributed by atoms with Gasteiger partial charge in [-0.1, -0.05) is 30.4 Å². The van der Waals surface area contributed by atoms with E-state index in [9.17, 15) is 4.79 Å². The summed E-state index contributed by atoms with van der Waals surface area (Å²) in [6, 6.07) is 10.4. The summed E-state index contributed by atoms with van der Waals surface area (Å²) in [6.45, 7) is 0. The van der Waals surface area contributed by atoms with Crippen LogP contribution in [-0.2, 0) is 4.79 Å². The summed E-state index contributed by atoms with van der Waals surface area (Å²) < 4.78 is 0. The van der Waals surface area contributed by atoms with Gasteiger partial charge in [0, 0.05) is 11.6 Å². The maximum absolute atomic E-state index is 12.5. The summed E-state index contributed by atoms with van der Waals surface area (Å²) in [6.07, 6.45) is 7.48. The lowest BCUT2D eigenvalue weighted by Gasteiger charge is -2.48. The Kier molecular flexibility index (Phi) is 1.85. The molecule has 2 aliphatic carbocycles. The van der Waals surface area contributed by atoms with Crippen molar-refractivity contribution in [2.24, 2.45) is 17.8 Å². The first-order valence-corrected chi connectivity index (χ1v) is 7.20. The summed E-state index contributed by atoms with van der Waals surface area (Å²) in [5.41, 5.74) is 1.92. The van der Waals surface area contributed by atoms with Crippen LogP contribution in [0, 0.1) is 17.8 Å². The molecule has 0 spiro atoms. The van der Waals surface area contributed by atoms with Crippen LogP contribution in [0.1, 0.15) is 6.42 Å². The molecule has 1 saturated heterocycles. The highest BCUT2D eigenvalue weighted by Gasteiger charge is 2.60. The zero-order chi connectivity index (χ0) is 13.3. The molecule has 1 aliphatic heterocycles. The normalized spacial score (nSPS) is 33.6. The molecule has 20 heavy (non-hydrogen) atoms. The van der Waals surface area contributed by atoms with Crippen molar-refractivity contribution in [3.05, 3.63) is 48.7 Å². The molecule has 3 aliphatic rings. The Balaban J connectivity index is 1.66. The average molecular weight is 262 g/mol. The predicted molar refractivity (Wildman–Crippen MR) is 77.2 cm³/mol. The van der Waals surface area contributed by atoms with Gasteiger partial charge in [0.1, 0.15) is 0 Å². The highest BCUT2D eigenvalue weighted by atomic mass is 16.2. The van der Waals surface area contributed by atoms with Crippen molar-refractivity contribution in [1.29, 1.82) is 0 Å². The molecule has 2 unspecified atom stereocenters. The van der Waals surface area contributed by atoms with Gasteiger partial charge in [0.2, 0.25) is 5.91 Å². The van der Waals surface area contributed by atoms with Crippen molar-refractivity contribution in [2.75, 3.05) is 4.90 Å². The van der Waals surface area contributed by atoms with Crippen LogP contribution in [-0.4, -0.2) is 16.9 Å². The van der Waals surface area contributed by atoms with Crippen LogP contribution >= 0.6 is 0 Å². The zero-order valence-electron chi connectivity index (χ0n) is 10.9. The van der Waals surface area contributed by atoms with Gasteiger partial charge in [0.15, 0.2) is 0 Å². The minimum atomic E-state index is 0.226. The van der Waals surface area contributed by atoms with Crippen molar-refractivity contribution >= 4 is 22.5 Å². The van der Waals surface area contributed by atoms with E-state index in [1.54, 1.807) is 6.20 Å². The van der Waals surface area contributed by atoms with Crippen molar-refractivity contribution in [1.82, 2.24) is 4.98 Å². The molecule has 5 rings (SSSR count). The zero-order valence-corrected chi connectivity index (χ0v) is 10.9. The number of allylic oxidation sites excluding steroid dienone is 1. The monoisotopic (exact) mass is 262 g/mol. The van der Waals surface area contributed by atoms with E-state index in [-0.39, 0.29) is 11.8 Å². The van der Waals surface area contributed by atoms with Crippen LogP contribution in [0.4, 0.5) is 5.69 Å². The van der Waals surface area contributed by atoms with E-state index in [0.29, 0.717) is 17.9 Å². The Labute approximate surface area is 116 Å². The lowest BCUT2D eigenvalue weighted by atomic mass is 9.79. The molecule has 0 radical (unpaired) electrons. The van der Waals surface area contributed by atoms with Crippen molar-refractivity contribution in [3.63, 3.8) is 0 Å². The molecule has 2 aromatic rings. The number of rotatable bonds is 1. The predicted octanol–water partition coefficient (Wildman–Crippen LogP) is 2.77. The summed E-state index contributed by atoms with van der Waals surface area (Å²) in [4.78, 5) is 19.0. The number of carbonyl (C=O) groups is 1. The number of anilines is 1. The van der Waals surface area contributed by atoms with Crippen LogP contribution in [0.5, 0.6) is 0 Å². The third-order valence-electron chi connectivity index (χ3n) is 5.11. The molecule has 1 aromatic carbocycles. The average Bonchev–Trinajstić information content (AvgIpc) is 3.05. The number of β-lactam (4-membered cyclic amide) rings is 1. The Hall–Kier alpha value is -2.16. The highest BCUT2D eigenvalue weighted by molar-refractivity contribution is 6.09. The SMILES string of the molecule is O=C1[C@H]2C3C=CC(C3)[C@H]2N1c1cccc2cccnc12. The summed E-state index contributed by atoms with van der Waals surface area (Å²) >= 11 is 0. The molecule has 2 bridgehead atoms. The van der Waals surface area contributed by atoms with Crippen LogP contribution in [0.25, 0.3) is 10.9 Å². The quantitative estimate of drug-likeness (QED) is 0.585. The van der Waals surface area contributed by atoms with E-state index in [2.05, 4.69) is 17.1 Å². The third-order valence-corrected chi connectivity index (χ3v) is 5.11. The molecule has 1 saturated carbocycles. The second kappa shape index (κ2) is 3.48. The molecule has 2 heterocycles. The minimum absolute atomic E-state index is 0.226. The molecule has 1 aromatic heterocycles. The fourth-order valence-corrected chi connectivity index (χ4v) is 4.26. The number of fused-ring (bicyclic) bond motifs is 6. The molecule has 98 valence electrons. The maximum Gasteiger partial charge on any atom is 0.233 e. The minimum Gasteiger partial charge on any atom is -0.305 e.